The first-order valence-corrected chi connectivity index (χ1v) is 10.6. The second-order valence-corrected chi connectivity index (χ2v) is 8.34. The monoisotopic (exact) mass is 431 g/mol. The first kappa shape index (κ1) is 20.6. The summed E-state index contributed by atoms with van der Waals surface area (Å²) in [6, 6.07) is 13.1. The van der Waals surface area contributed by atoms with Gasteiger partial charge in [0.05, 0.1) is 7.11 Å². The number of carbonyl (C=O) groups is 1. The molecule has 0 unspecified atom stereocenters. The van der Waals surface area contributed by atoms with Gasteiger partial charge in [0, 0.05) is 10.8 Å². The van der Waals surface area contributed by atoms with E-state index in [1.54, 1.807) is 25.3 Å². The molecule has 0 bridgehead atoms. The molecule has 1 aliphatic rings. The Kier molecular flexibility index (Phi) is 7.25. The number of aliphatic imine (C=N–C) groups is 1. The van der Waals surface area contributed by atoms with Gasteiger partial charge in [0.25, 0.3) is 0 Å². The maximum Gasteiger partial charge on any atom is 0.244 e. The van der Waals surface area contributed by atoms with E-state index >= 15 is 0 Å². The number of hydrogen-bond acceptors (Lipinski definition) is 6. The minimum atomic E-state index is -0.0652. The SMILES string of the molecule is C=CCOc1ccc(/C=C2/N=C(SCc3ccc(Cl)cc3)SC2=O)cc1OC. The van der Waals surface area contributed by atoms with Crippen molar-refractivity contribution in [2.75, 3.05) is 13.7 Å². The molecule has 0 N–H and O–H groups in total. The highest BCUT2D eigenvalue weighted by Crippen LogP contribution is 2.34. The summed E-state index contributed by atoms with van der Waals surface area (Å²) < 4.78 is 11.7. The molecule has 0 aliphatic carbocycles. The lowest BCUT2D eigenvalue weighted by Gasteiger charge is -2.09. The fourth-order valence-electron chi connectivity index (χ4n) is 2.38. The molecule has 0 fully saturated rings. The van der Waals surface area contributed by atoms with Gasteiger partial charge < -0.3 is 9.47 Å². The molecule has 0 aromatic heterocycles. The van der Waals surface area contributed by atoms with Crippen molar-refractivity contribution in [1.82, 2.24) is 0 Å². The quantitative estimate of drug-likeness (QED) is 0.408. The van der Waals surface area contributed by atoms with Crippen molar-refractivity contribution in [3.63, 3.8) is 0 Å². The smallest absolute Gasteiger partial charge is 0.244 e. The van der Waals surface area contributed by atoms with Crippen molar-refractivity contribution in [2.24, 2.45) is 4.99 Å². The number of hydrogen-bond donors (Lipinski definition) is 0. The molecule has 1 heterocycles. The van der Waals surface area contributed by atoms with Crippen molar-refractivity contribution in [3.8, 4) is 11.5 Å². The summed E-state index contributed by atoms with van der Waals surface area (Å²) in [5.74, 6) is 1.95. The van der Waals surface area contributed by atoms with Crippen LogP contribution < -0.4 is 9.47 Å². The number of benzene rings is 2. The van der Waals surface area contributed by atoms with Crippen molar-refractivity contribution in [2.45, 2.75) is 5.75 Å². The number of rotatable bonds is 7. The highest BCUT2D eigenvalue weighted by atomic mass is 35.5. The van der Waals surface area contributed by atoms with E-state index in [1.165, 1.54) is 11.8 Å². The molecule has 1 aliphatic heterocycles. The van der Waals surface area contributed by atoms with Gasteiger partial charge >= 0.3 is 0 Å². The highest BCUT2D eigenvalue weighted by Gasteiger charge is 2.22. The van der Waals surface area contributed by atoms with Crippen LogP contribution in [0.4, 0.5) is 0 Å². The Morgan fingerprint density at radius 2 is 2.00 bits per heavy atom. The van der Waals surface area contributed by atoms with Gasteiger partial charge in [-0.2, -0.15) is 0 Å². The standard InChI is InChI=1S/C21H18ClNO3S2/c1-3-10-26-18-9-6-15(12-19(18)25-2)11-17-20(24)28-21(23-17)27-13-14-4-7-16(22)8-5-14/h3-9,11-12H,1,10,13H2,2H3/b17-11+. The maximum atomic E-state index is 12.3. The normalized spacial score (nSPS) is 14.9. The molecular formula is C21H18ClNO3S2. The summed E-state index contributed by atoms with van der Waals surface area (Å²) in [5.41, 5.74) is 2.37. The fraction of sp³-hybridized carbons (Fsp3) is 0.143. The van der Waals surface area contributed by atoms with E-state index in [0.29, 0.717) is 28.8 Å². The molecule has 4 nitrogen and oxygen atoms in total. The van der Waals surface area contributed by atoms with Crippen LogP contribution in [0.3, 0.4) is 0 Å². The molecule has 3 rings (SSSR count). The lowest BCUT2D eigenvalue weighted by Crippen LogP contribution is -1.96. The Bertz CT molecular complexity index is 939. The Morgan fingerprint density at radius 3 is 2.71 bits per heavy atom. The molecule has 28 heavy (non-hydrogen) atoms. The van der Waals surface area contributed by atoms with Crippen molar-refractivity contribution < 1.29 is 14.3 Å². The first-order valence-electron chi connectivity index (χ1n) is 8.40. The van der Waals surface area contributed by atoms with Gasteiger partial charge in [-0.25, -0.2) is 4.99 Å². The van der Waals surface area contributed by atoms with Crippen LogP contribution in [0.25, 0.3) is 6.08 Å². The minimum absolute atomic E-state index is 0.0652. The summed E-state index contributed by atoms with van der Waals surface area (Å²) in [4.78, 5) is 16.8. The Balaban J connectivity index is 1.71. The molecule has 0 amide bonds. The first-order chi connectivity index (χ1) is 13.6. The van der Waals surface area contributed by atoms with Gasteiger partial charge in [-0.1, -0.05) is 54.2 Å². The molecule has 2 aromatic carbocycles. The van der Waals surface area contributed by atoms with Gasteiger partial charge in [0.2, 0.25) is 5.12 Å². The van der Waals surface area contributed by atoms with Gasteiger partial charge in [-0.3, -0.25) is 4.79 Å². The predicted molar refractivity (Wildman–Crippen MR) is 119 cm³/mol. The van der Waals surface area contributed by atoms with Gasteiger partial charge in [-0.05, 0) is 53.2 Å². The predicted octanol–water partition coefficient (Wildman–Crippen LogP) is 5.82. The molecule has 2 aromatic rings. The second kappa shape index (κ2) is 9.87. The number of methoxy groups -OCH3 is 1. The van der Waals surface area contributed by atoms with Crippen molar-refractivity contribution in [1.29, 1.82) is 0 Å². The topological polar surface area (TPSA) is 47.9 Å². The van der Waals surface area contributed by atoms with Crippen LogP contribution >= 0.6 is 35.1 Å². The third-order valence-electron chi connectivity index (χ3n) is 3.72. The van der Waals surface area contributed by atoms with Gasteiger partial charge in [0.1, 0.15) is 16.7 Å². The van der Waals surface area contributed by atoms with E-state index in [0.717, 1.165) is 33.0 Å². The van der Waals surface area contributed by atoms with Crippen LogP contribution in [0, 0.1) is 0 Å². The number of ether oxygens (including phenoxy) is 2. The third kappa shape index (κ3) is 5.44. The average molecular weight is 432 g/mol. The largest absolute Gasteiger partial charge is 0.493 e. The van der Waals surface area contributed by atoms with E-state index in [4.69, 9.17) is 21.1 Å². The molecule has 0 radical (unpaired) electrons. The van der Waals surface area contributed by atoms with Crippen molar-refractivity contribution >= 4 is 50.7 Å². The van der Waals surface area contributed by atoms with E-state index in [2.05, 4.69) is 11.6 Å². The zero-order valence-electron chi connectivity index (χ0n) is 15.2. The average Bonchev–Trinajstić information content (AvgIpc) is 3.05. The van der Waals surface area contributed by atoms with Gasteiger partial charge in [0.15, 0.2) is 11.5 Å². The Morgan fingerprint density at radius 1 is 1.21 bits per heavy atom. The lowest BCUT2D eigenvalue weighted by atomic mass is 10.1. The fourth-order valence-corrected chi connectivity index (χ4v) is 4.30. The second-order valence-electron chi connectivity index (χ2n) is 5.72. The number of halogens is 1. The molecule has 0 saturated heterocycles. The summed E-state index contributed by atoms with van der Waals surface area (Å²) in [7, 11) is 1.58. The lowest BCUT2D eigenvalue weighted by molar-refractivity contribution is -0.107. The van der Waals surface area contributed by atoms with E-state index in [9.17, 15) is 4.79 Å². The van der Waals surface area contributed by atoms with Crippen LogP contribution in [0.15, 0.2) is 65.8 Å². The molecule has 0 atom stereocenters. The van der Waals surface area contributed by atoms with Crippen LogP contribution in [-0.2, 0) is 10.5 Å². The zero-order chi connectivity index (χ0) is 19.9. The number of nitrogens with zero attached hydrogens (tertiary/aromatic N) is 1. The highest BCUT2D eigenvalue weighted by molar-refractivity contribution is 8.45. The number of carbonyl (C=O) groups excluding carboxylic acids is 1. The van der Waals surface area contributed by atoms with Gasteiger partial charge in [-0.15, -0.1) is 0 Å². The molecule has 0 spiro atoms. The van der Waals surface area contributed by atoms with Crippen molar-refractivity contribution in [3.05, 3.63) is 77.0 Å². The Hall–Kier alpha value is -2.15. The van der Waals surface area contributed by atoms with Crippen LogP contribution in [0.1, 0.15) is 11.1 Å². The van der Waals surface area contributed by atoms with E-state index in [1.807, 2.05) is 36.4 Å². The Labute approximate surface area is 177 Å². The van der Waals surface area contributed by atoms with Crippen LogP contribution in [-0.4, -0.2) is 23.2 Å². The molecular weight excluding hydrogens is 414 g/mol. The van der Waals surface area contributed by atoms with E-state index < -0.39 is 0 Å². The third-order valence-corrected chi connectivity index (χ3v) is 6.06. The van der Waals surface area contributed by atoms with E-state index in [-0.39, 0.29) is 5.12 Å². The molecule has 7 heteroatoms. The van der Waals surface area contributed by atoms with Crippen LogP contribution in [0.2, 0.25) is 5.02 Å². The number of thioether (sulfide) groups is 2. The molecule has 0 saturated carbocycles. The summed E-state index contributed by atoms with van der Waals surface area (Å²) >= 11 is 8.59. The zero-order valence-corrected chi connectivity index (χ0v) is 17.6. The summed E-state index contributed by atoms with van der Waals surface area (Å²) in [6.07, 6.45) is 3.42. The summed E-state index contributed by atoms with van der Waals surface area (Å²) in [5, 5.41) is 0.641. The summed E-state index contributed by atoms with van der Waals surface area (Å²) in [6.45, 7) is 4.03. The van der Waals surface area contributed by atoms with Crippen LogP contribution in [0.5, 0.6) is 11.5 Å². The maximum absolute atomic E-state index is 12.3. The molecule has 144 valence electrons. The minimum Gasteiger partial charge on any atom is -0.493 e.